The molecule has 8 heteroatoms. The van der Waals surface area contributed by atoms with Crippen molar-refractivity contribution in [2.24, 2.45) is 7.05 Å². The molecule has 4 aromatic rings. The summed E-state index contributed by atoms with van der Waals surface area (Å²) in [5.41, 5.74) is 4.46. The predicted molar refractivity (Wildman–Crippen MR) is 91.9 cm³/mol. The van der Waals surface area contributed by atoms with Crippen LogP contribution in [0.1, 0.15) is 23.0 Å². The Morgan fingerprint density at radius 3 is 2.56 bits per heavy atom. The molecule has 4 heterocycles. The second-order valence-corrected chi connectivity index (χ2v) is 6.03. The van der Waals surface area contributed by atoms with Gasteiger partial charge in [-0.25, -0.2) is 24.5 Å². The number of nitrogens with zero attached hydrogens (tertiary/aromatic N) is 8. The molecule has 0 amide bonds. The van der Waals surface area contributed by atoms with Crippen molar-refractivity contribution in [2.75, 3.05) is 0 Å². The molecule has 0 N–H and O–H groups in total. The highest BCUT2D eigenvalue weighted by Gasteiger charge is 2.12. The second-order valence-electron chi connectivity index (χ2n) is 6.03. The molecule has 4 aromatic heterocycles. The molecule has 126 valence electrons. The van der Waals surface area contributed by atoms with Gasteiger partial charge in [0.1, 0.15) is 12.2 Å². The number of rotatable bonds is 4. The van der Waals surface area contributed by atoms with Crippen molar-refractivity contribution in [2.45, 2.75) is 26.7 Å². The van der Waals surface area contributed by atoms with E-state index < -0.39 is 0 Å². The van der Waals surface area contributed by atoms with Crippen LogP contribution >= 0.6 is 0 Å². The molecule has 25 heavy (non-hydrogen) atoms. The molecule has 0 aliphatic rings. The monoisotopic (exact) mass is 334 g/mol. The summed E-state index contributed by atoms with van der Waals surface area (Å²) in [7, 11) is 1.99. The molecule has 0 atom stereocenters. The summed E-state index contributed by atoms with van der Waals surface area (Å²) >= 11 is 0. The molecule has 8 nitrogen and oxygen atoms in total. The number of fused-ring (bicyclic) bond motifs is 1. The Hall–Kier alpha value is -3.16. The van der Waals surface area contributed by atoms with Crippen LogP contribution in [-0.2, 0) is 19.9 Å². The first-order chi connectivity index (χ1) is 12.1. The fraction of sp³-hybridized carbons (Fsp3) is 0.294. The number of imidazole rings is 1. The summed E-state index contributed by atoms with van der Waals surface area (Å²) in [5, 5.41) is 4.59. The zero-order valence-corrected chi connectivity index (χ0v) is 14.4. The number of aryl methyl sites for hydroxylation is 5. The van der Waals surface area contributed by atoms with E-state index in [1.165, 1.54) is 6.33 Å². The average molecular weight is 334 g/mol. The minimum atomic E-state index is 0.718. The summed E-state index contributed by atoms with van der Waals surface area (Å²) < 4.78 is 3.87. The Morgan fingerprint density at radius 2 is 1.80 bits per heavy atom. The van der Waals surface area contributed by atoms with Crippen LogP contribution in [-0.4, -0.2) is 39.1 Å². The van der Waals surface area contributed by atoms with Gasteiger partial charge in [0.05, 0.1) is 17.1 Å². The van der Waals surface area contributed by atoms with Crippen LogP contribution < -0.4 is 0 Å². The lowest BCUT2D eigenvalue weighted by Crippen LogP contribution is -2.01. The van der Waals surface area contributed by atoms with Crippen molar-refractivity contribution >= 4 is 5.65 Å². The molecule has 0 aromatic carbocycles. The lowest BCUT2D eigenvalue weighted by Gasteiger charge is -1.98. The van der Waals surface area contributed by atoms with Gasteiger partial charge in [-0.3, -0.25) is 4.98 Å². The molecule has 0 spiro atoms. The number of hydrogen-bond donors (Lipinski definition) is 0. The molecule has 4 rings (SSSR count). The van der Waals surface area contributed by atoms with Crippen LogP contribution in [0.4, 0.5) is 0 Å². The predicted octanol–water partition coefficient (Wildman–Crippen LogP) is 1.72. The topological polar surface area (TPSA) is 86.7 Å². The summed E-state index contributed by atoms with van der Waals surface area (Å²) in [4.78, 5) is 21.7. The van der Waals surface area contributed by atoms with E-state index in [2.05, 4.69) is 25.0 Å². The Labute approximate surface area is 144 Å². The third-order valence-corrected chi connectivity index (χ3v) is 4.15. The average Bonchev–Trinajstić information content (AvgIpc) is 3.22. The van der Waals surface area contributed by atoms with E-state index in [0.717, 1.165) is 52.8 Å². The summed E-state index contributed by atoms with van der Waals surface area (Å²) in [6.07, 6.45) is 10.3. The molecule has 0 radical (unpaired) electrons. The summed E-state index contributed by atoms with van der Waals surface area (Å²) in [5.74, 6) is 1.77. The molecule has 0 bridgehead atoms. The van der Waals surface area contributed by atoms with Crippen molar-refractivity contribution in [3.63, 3.8) is 0 Å². The first-order valence-corrected chi connectivity index (χ1v) is 8.07. The van der Waals surface area contributed by atoms with Crippen molar-refractivity contribution in [1.82, 2.24) is 39.1 Å². The molecule has 0 aliphatic heterocycles. The van der Waals surface area contributed by atoms with Crippen molar-refractivity contribution in [1.29, 1.82) is 0 Å². The van der Waals surface area contributed by atoms with Gasteiger partial charge in [0, 0.05) is 50.2 Å². The first kappa shape index (κ1) is 15.4. The van der Waals surface area contributed by atoms with E-state index >= 15 is 0 Å². The standard InChI is InChI=1S/C17H18N8/c1-11-6-20-12(2)17-22-15(23-25(11)17)4-5-16-21-14(9-24(16)3)13-7-18-10-19-8-13/h6-10H,4-5H2,1-3H3. The van der Waals surface area contributed by atoms with E-state index in [1.54, 1.807) is 12.4 Å². The fourth-order valence-electron chi connectivity index (χ4n) is 2.77. The van der Waals surface area contributed by atoms with Crippen LogP contribution in [0.25, 0.3) is 16.9 Å². The van der Waals surface area contributed by atoms with Crippen molar-refractivity contribution < 1.29 is 0 Å². The number of hydrogen-bond acceptors (Lipinski definition) is 6. The Bertz CT molecular complexity index is 993. The van der Waals surface area contributed by atoms with Gasteiger partial charge in [-0.2, -0.15) is 5.10 Å². The van der Waals surface area contributed by atoms with Crippen LogP contribution in [0, 0.1) is 13.8 Å². The van der Waals surface area contributed by atoms with Gasteiger partial charge in [0.2, 0.25) is 0 Å². The molecular weight excluding hydrogens is 316 g/mol. The van der Waals surface area contributed by atoms with E-state index in [1.807, 2.05) is 42.4 Å². The third kappa shape index (κ3) is 2.86. The van der Waals surface area contributed by atoms with Crippen molar-refractivity contribution in [3.05, 3.63) is 54.2 Å². The van der Waals surface area contributed by atoms with Gasteiger partial charge < -0.3 is 4.57 Å². The maximum atomic E-state index is 4.69. The quantitative estimate of drug-likeness (QED) is 0.565. The normalized spacial score (nSPS) is 11.3. The smallest absolute Gasteiger partial charge is 0.177 e. The van der Waals surface area contributed by atoms with E-state index in [4.69, 9.17) is 4.98 Å². The fourth-order valence-corrected chi connectivity index (χ4v) is 2.77. The third-order valence-electron chi connectivity index (χ3n) is 4.15. The van der Waals surface area contributed by atoms with Crippen LogP contribution in [0.3, 0.4) is 0 Å². The Balaban J connectivity index is 1.57. The van der Waals surface area contributed by atoms with E-state index in [-0.39, 0.29) is 0 Å². The molecule has 0 unspecified atom stereocenters. The molecule has 0 fully saturated rings. The van der Waals surface area contributed by atoms with Gasteiger partial charge in [0.25, 0.3) is 0 Å². The molecule has 0 saturated carbocycles. The summed E-state index contributed by atoms with van der Waals surface area (Å²) in [6.45, 7) is 3.92. The first-order valence-electron chi connectivity index (χ1n) is 8.07. The van der Waals surface area contributed by atoms with Gasteiger partial charge in [-0.05, 0) is 13.8 Å². The maximum absolute atomic E-state index is 4.69. The minimum Gasteiger partial charge on any atom is -0.337 e. The SMILES string of the molecule is Cc1ncc(C)n2nc(CCc3nc(-c4cncnc4)cn3C)nc12. The Morgan fingerprint density at radius 1 is 1.00 bits per heavy atom. The molecular formula is C17H18N8. The van der Waals surface area contributed by atoms with Crippen LogP contribution in [0.2, 0.25) is 0 Å². The number of aromatic nitrogens is 8. The Kier molecular flexibility index (Phi) is 3.72. The second kappa shape index (κ2) is 6.04. The highest BCUT2D eigenvalue weighted by atomic mass is 15.3. The molecule has 0 aliphatic carbocycles. The van der Waals surface area contributed by atoms with Crippen molar-refractivity contribution in [3.8, 4) is 11.3 Å². The van der Waals surface area contributed by atoms with Gasteiger partial charge in [0.15, 0.2) is 11.5 Å². The molecule has 0 saturated heterocycles. The van der Waals surface area contributed by atoms with E-state index in [9.17, 15) is 0 Å². The van der Waals surface area contributed by atoms with Gasteiger partial charge in [-0.15, -0.1) is 0 Å². The highest BCUT2D eigenvalue weighted by molar-refractivity contribution is 5.55. The largest absolute Gasteiger partial charge is 0.337 e. The van der Waals surface area contributed by atoms with Crippen LogP contribution in [0.15, 0.2) is 31.1 Å². The zero-order valence-electron chi connectivity index (χ0n) is 14.4. The minimum absolute atomic E-state index is 0.718. The zero-order chi connectivity index (χ0) is 17.4. The van der Waals surface area contributed by atoms with Gasteiger partial charge in [-0.1, -0.05) is 0 Å². The lowest BCUT2D eigenvalue weighted by atomic mass is 10.2. The summed E-state index contributed by atoms with van der Waals surface area (Å²) in [6, 6.07) is 0. The highest BCUT2D eigenvalue weighted by Crippen LogP contribution is 2.17. The van der Waals surface area contributed by atoms with Crippen LogP contribution in [0.5, 0.6) is 0 Å². The van der Waals surface area contributed by atoms with Gasteiger partial charge >= 0.3 is 0 Å². The van der Waals surface area contributed by atoms with E-state index in [0.29, 0.717) is 0 Å². The maximum Gasteiger partial charge on any atom is 0.177 e. The lowest BCUT2D eigenvalue weighted by molar-refractivity contribution is 0.742.